The molecule has 0 saturated heterocycles. The number of hydrogen-bond acceptors (Lipinski definition) is 3. The van der Waals surface area contributed by atoms with Gasteiger partial charge in [0.15, 0.2) is 0 Å². The molecule has 0 atom stereocenters. The van der Waals surface area contributed by atoms with Gasteiger partial charge >= 0.3 is 6.09 Å². The molecule has 0 aliphatic heterocycles. The molecule has 0 spiro atoms. The second-order valence-electron chi connectivity index (χ2n) is 3.35. The van der Waals surface area contributed by atoms with Crippen LogP contribution in [0.3, 0.4) is 0 Å². The molecule has 0 saturated carbocycles. The van der Waals surface area contributed by atoms with Gasteiger partial charge in [0.05, 0.1) is 5.36 Å². The van der Waals surface area contributed by atoms with Crippen LogP contribution < -0.4 is 10.1 Å². The molecule has 1 N–H and O–H groups in total. The first-order valence-corrected chi connectivity index (χ1v) is 5.42. The Labute approximate surface area is 108 Å². The first-order valence-electron chi connectivity index (χ1n) is 5.04. The van der Waals surface area contributed by atoms with Gasteiger partial charge in [0.2, 0.25) is 0 Å². The summed E-state index contributed by atoms with van der Waals surface area (Å²) in [5.74, 6) is 0.408. The van der Waals surface area contributed by atoms with E-state index in [4.69, 9.17) is 21.5 Å². The average molecular weight is 265 g/mol. The highest BCUT2D eigenvalue weighted by Gasteiger charge is 2.01. The van der Waals surface area contributed by atoms with Crippen LogP contribution in [0.2, 0.25) is 5.15 Å². The third-order valence-electron chi connectivity index (χ3n) is 2.04. The van der Waals surface area contributed by atoms with Crippen LogP contribution >= 0.6 is 11.6 Å². The largest absolute Gasteiger partial charge is 0.439 e. The van der Waals surface area contributed by atoms with Crippen LogP contribution in [0.4, 0.5) is 4.79 Å². The maximum Gasteiger partial charge on any atom is 0.439 e. The Kier molecular flexibility index (Phi) is 3.64. The van der Waals surface area contributed by atoms with Crippen molar-refractivity contribution >= 4 is 17.7 Å². The molecule has 1 amide bonds. The SMILES string of the molecule is O=C(/N=c1/ccn(O)c(Cl)c1)Oc1ccccc1. The zero-order valence-corrected chi connectivity index (χ0v) is 9.91. The van der Waals surface area contributed by atoms with E-state index in [1.807, 2.05) is 6.07 Å². The van der Waals surface area contributed by atoms with E-state index >= 15 is 0 Å². The first-order chi connectivity index (χ1) is 8.65. The Hall–Kier alpha value is -2.27. The molecular weight excluding hydrogens is 256 g/mol. The molecule has 92 valence electrons. The summed E-state index contributed by atoms with van der Waals surface area (Å²) in [5.41, 5.74) is 0. The molecule has 6 heteroatoms. The third-order valence-corrected chi connectivity index (χ3v) is 2.32. The number of pyridine rings is 1. The number of hydrogen-bond donors (Lipinski definition) is 1. The van der Waals surface area contributed by atoms with Gasteiger partial charge in [-0.2, -0.15) is 9.72 Å². The fraction of sp³-hybridized carbons (Fsp3) is 0. The van der Waals surface area contributed by atoms with E-state index in [-0.39, 0.29) is 5.15 Å². The molecule has 2 aromatic rings. The Morgan fingerprint density at radius 3 is 2.67 bits per heavy atom. The molecule has 0 unspecified atom stereocenters. The first kappa shape index (κ1) is 12.2. The maximum absolute atomic E-state index is 11.5. The molecule has 0 aliphatic rings. The van der Waals surface area contributed by atoms with Gasteiger partial charge in [0.25, 0.3) is 0 Å². The van der Waals surface area contributed by atoms with Crippen molar-refractivity contribution in [2.24, 2.45) is 4.99 Å². The zero-order chi connectivity index (χ0) is 13.0. The van der Waals surface area contributed by atoms with E-state index in [1.165, 1.54) is 18.3 Å². The van der Waals surface area contributed by atoms with Crippen molar-refractivity contribution in [1.82, 2.24) is 4.73 Å². The highest BCUT2D eigenvalue weighted by molar-refractivity contribution is 6.29. The maximum atomic E-state index is 11.5. The molecule has 1 aromatic carbocycles. The lowest BCUT2D eigenvalue weighted by molar-refractivity contribution is 0.184. The summed E-state index contributed by atoms with van der Waals surface area (Å²) in [6, 6.07) is 11.4. The summed E-state index contributed by atoms with van der Waals surface area (Å²) in [6.07, 6.45) is 0.518. The van der Waals surface area contributed by atoms with E-state index < -0.39 is 6.09 Å². The van der Waals surface area contributed by atoms with Gasteiger partial charge in [0, 0.05) is 12.3 Å². The van der Waals surface area contributed by atoms with Crippen molar-refractivity contribution in [3.8, 4) is 5.75 Å². The molecular formula is C12H9ClN2O3. The van der Waals surface area contributed by atoms with Crippen LogP contribution in [0, 0.1) is 0 Å². The fourth-order valence-corrected chi connectivity index (χ4v) is 1.41. The predicted octanol–water partition coefficient (Wildman–Crippen LogP) is 2.48. The summed E-state index contributed by atoms with van der Waals surface area (Å²) < 4.78 is 5.68. The quantitative estimate of drug-likeness (QED) is 0.636. The number of aromatic nitrogens is 1. The number of carbonyl (C=O) groups excluding carboxylic acids is 1. The highest BCUT2D eigenvalue weighted by atomic mass is 35.5. The second kappa shape index (κ2) is 5.37. The number of halogens is 1. The molecule has 18 heavy (non-hydrogen) atoms. The lowest BCUT2D eigenvalue weighted by Crippen LogP contribution is -2.11. The summed E-state index contributed by atoms with van der Waals surface area (Å²) in [6.45, 7) is 0. The van der Waals surface area contributed by atoms with Gasteiger partial charge in [-0.15, -0.1) is 0 Å². The van der Waals surface area contributed by atoms with Crippen LogP contribution in [0.25, 0.3) is 0 Å². The number of rotatable bonds is 1. The minimum Gasteiger partial charge on any atom is -0.428 e. The van der Waals surface area contributed by atoms with Crippen LogP contribution in [0.15, 0.2) is 53.7 Å². The Morgan fingerprint density at radius 2 is 2.00 bits per heavy atom. The normalized spacial score (nSPS) is 11.3. The van der Waals surface area contributed by atoms with Crippen LogP contribution in [-0.4, -0.2) is 16.0 Å². The highest BCUT2D eigenvalue weighted by Crippen LogP contribution is 2.08. The van der Waals surface area contributed by atoms with Crippen LogP contribution in [-0.2, 0) is 0 Å². The van der Waals surface area contributed by atoms with Crippen molar-refractivity contribution in [1.29, 1.82) is 0 Å². The molecule has 0 fully saturated rings. The Balaban J connectivity index is 2.18. The van der Waals surface area contributed by atoms with Gasteiger partial charge in [0.1, 0.15) is 10.9 Å². The van der Waals surface area contributed by atoms with Crippen LogP contribution in [0.1, 0.15) is 0 Å². The van der Waals surface area contributed by atoms with Gasteiger partial charge in [-0.3, -0.25) is 0 Å². The molecule has 5 nitrogen and oxygen atoms in total. The number of amides is 1. The summed E-state index contributed by atoms with van der Waals surface area (Å²) in [4.78, 5) is 15.2. The zero-order valence-electron chi connectivity index (χ0n) is 9.15. The summed E-state index contributed by atoms with van der Waals surface area (Å²) in [5, 5.41) is 9.48. The number of nitrogens with zero attached hydrogens (tertiary/aromatic N) is 2. The van der Waals surface area contributed by atoms with Crippen molar-refractivity contribution in [2.75, 3.05) is 0 Å². The molecule has 2 rings (SSSR count). The van der Waals surface area contributed by atoms with Crippen molar-refractivity contribution in [3.05, 3.63) is 59.2 Å². The van der Waals surface area contributed by atoms with Crippen molar-refractivity contribution in [2.45, 2.75) is 0 Å². The molecule has 0 aliphatic carbocycles. The van der Waals surface area contributed by atoms with Gasteiger partial charge in [-0.25, -0.2) is 4.79 Å². The minimum atomic E-state index is -0.757. The Morgan fingerprint density at radius 1 is 1.28 bits per heavy atom. The number of benzene rings is 1. The average Bonchev–Trinajstić information content (AvgIpc) is 2.35. The molecule has 1 aromatic heterocycles. The monoisotopic (exact) mass is 264 g/mol. The second-order valence-corrected chi connectivity index (χ2v) is 3.73. The van der Waals surface area contributed by atoms with E-state index in [1.54, 1.807) is 24.3 Å². The summed E-state index contributed by atoms with van der Waals surface area (Å²) >= 11 is 5.66. The standard InChI is InChI=1S/C12H9ClN2O3/c13-11-8-9(6-7-15(11)17)14-12(16)18-10-4-2-1-3-5-10/h1-8,17H/b14-9-. The van der Waals surface area contributed by atoms with Gasteiger partial charge < -0.3 is 9.94 Å². The topological polar surface area (TPSA) is 63.8 Å². The van der Waals surface area contributed by atoms with E-state index in [0.717, 1.165) is 0 Å². The van der Waals surface area contributed by atoms with E-state index in [9.17, 15) is 4.79 Å². The minimum absolute atomic E-state index is 0.0451. The van der Waals surface area contributed by atoms with Gasteiger partial charge in [-0.05, 0) is 18.2 Å². The third kappa shape index (κ3) is 3.11. The lowest BCUT2D eigenvalue weighted by Gasteiger charge is -2.00. The van der Waals surface area contributed by atoms with Crippen molar-refractivity contribution in [3.63, 3.8) is 0 Å². The molecule has 1 heterocycles. The number of para-hydroxylation sites is 1. The molecule has 0 bridgehead atoms. The van der Waals surface area contributed by atoms with Gasteiger partial charge in [-0.1, -0.05) is 29.8 Å². The Bertz CT molecular complexity index is 623. The number of ether oxygens (including phenoxy) is 1. The lowest BCUT2D eigenvalue weighted by atomic mass is 10.3. The predicted molar refractivity (Wildman–Crippen MR) is 64.7 cm³/mol. The van der Waals surface area contributed by atoms with Crippen molar-refractivity contribution < 1.29 is 14.7 Å². The molecule has 0 radical (unpaired) electrons. The van der Waals surface area contributed by atoms with E-state index in [0.29, 0.717) is 15.8 Å². The number of carbonyl (C=O) groups is 1. The van der Waals surface area contributed by atoms with E-state index in [2.05, 4.69) is 4.99 Å². The summed E-state index contributed by atoms with van der Waals surface area (Å²) in [7, 11) is 0. The van der Waals surface area contributed by atoms with Crippen LogP contribution in [0.5, 0.6) is 5.75 Å². The fourth-order valence-electron chi connectivity index (χ4n) is 1.24. The smallest absolute Gasteiger partial charge is 0.428 e.